The molecule has 0 atom stereocenters. The van der Waals surface area contributed by atoms with Crippen LogP contribution in [0.25, 0.3) is 21.8 Å². The third-order valence-corrected chi connectivity index (χ3v) is 7.62. The minimum atomic E-state index is 0.983. The van der Waals surface area contributed by atoms with E-state index in [1.54, 1.807) is 0 Å². The van der Waals surface area contributed by atoms with Crippen molar-refractivity contribution in [1.82, 2.24) is 0 Å². The zero-order valence-electron chi connectivity index (χ0n) is 14.9. The second kappa shape index (κ2) is 6.29. The Hall–Kier alpha value is -2.04. The summed E-state index contributed by atoms with van der Waals surface area (Å²) in [6.45, 7) is 6.40. The molecule has 0 saturated heterocycles. The monoisotopic (exact) mass is 376 g/mol. The highest BCUT2D eigenvalue weighted by Crippen LogP contribution is 2.51. The number of benzene rings is 2. The van der Waals surface area contributed by atoms with Gasteiger partial charge in [0.15, 0.2) is 12.4 Å². The van der Waals surface area contributed by atoms with Gasteiger partial charge in [0, 0.05) is 21.9 Å². The molecule has 128 valence electrons. The molecule has 4 aromatic rings. The molecule has 26 heavy (non-hydrogen) atoms. The van der Waals surface area contributed by atoms with Crippen molar-refractivity contribution in [3.8, 4) is 0 Å². The molecule has 0 radical (unpaired) electrons. The SMILES string of the molecule is CC[n+]1cc2c(c3ccccc31)Sc1c[n+](CC)c3ccccc3c1S2. The highest BCUT2D eigenvalue weighted by atomic mass is 32.2. The maximum atomic E-state index is 2.37. The molecule has 0 fully saturated rings. The van der Waals surface area contributed by atoms with E-state index in [-0.39, 0.29) is 0 Å². The average molecular weight is 377 g/mol. The largest absolute Gasteiger partial charge is 0.213 e. The first-order valence-electron chi connectivity index (χ1n) is 9.06. The van der Waals surface area contributed by atoms with Crippen molar-refractivity contribution < 1.29 is 9.13 Å². The lowest BCUT2D eigenvalue weighted by Crippen LogP contribution is -2.34. The summed E-state index contributed by atoms with van der Waals surface area (Å²) in [5.74, 6) is 0. The van der Waals surface area contributed by atoms with Gasteiger partial charge in [-0.1, -0.05) is 47.8 Å². The summed E-state index contributed by atoms with van der Waals surface area (Å²) in [7, 11) is 0. The van der Waals surface area contributed by atoms with Gasteiger partial charge in [0.1, 0.15) is 13.1 Å². The van der Waals surface area contributed by atoms with Crippen molar-refractivity contribution in [2.45, 2.75) is 46.5 Å². The summed E-state index contributed by atoms with van der Waals surface area (Å²) in [6.07, 6.45) is 4.65. The van der Waals surface area contributed by atoms with Crippen LogP contribution in [-0.2, 0) is 13.1 Å². The lowest BCUT2D eigenvalue weighted by molar-refractivity contribution is -0.670. The van der Waals surface area contributed by atoms with Gasteiger partial charge in [-0.2, -0.15) is 9.13 Å². The molecule has 0 spiro atoms. The molecule has 1 aliphatic rings. The van der Waals surface area contributed by atoms with Gasteiger partial charge < -0.3 is 0 Å². The quantitative estimate of drug-likeness (QED) is 0.390. The normalized spacial score (nSPS) is 13.0. The van der Waals surface area contributed by atoms with Crippen LogP contribution in [0.1, 0.15) is 13.8 Å². The second-order valence-electron chi connectivity index (χ2n) is 6.46. The van der Waals surface area contributed by atoms with E-state index in [0.29, 0.717) is 0 Å². The third kappa shape index (κ3) is 2.36. The fourth-order valence-corrected chi connectivity index (χ4v) is 6.31. The second-order valence-corrected chi connectivity index (χ2v) is 8.56. The lowest BCUT2D eigenvalue weighted by atomic mass is 10.2. The number of pyridine rings is 2. The number of rotatable bonds is 2. The van der Waals surface area contributed by atoms with E-state index in [0.717, 1.165) is 13.1 Å². The zero-order chi connectivity index (χ0) is 17.7. The molecular weight excluding hydrogens is 356 g/mol. The summed E-state index contributed by atoms with van der Waals surface area (Å²) >= 11 is 3.84. The molecular formula is C22H20N2S2+2. The molecule has 0 aliphatic carbocycles. The van der Waals surface area contributed by atoms with Gasteiger partial charge in [0.2, 0.25) is 11.0 Å². The maximum Gasteiger partial charge on any atom is 0.213 e. The van der Waals surface area contributed by atoms with Crippen molar-refractivity contribution >= 4 is 45.3 Å². The van der Waals surface area contributed by atoms with E-state index in [2.05, 4.69) is 83.9 Å². The predicted molar refractivity (Wildman–Crippen MR) is 108 cm³/mol. The van der Waals surface area contributed by atoms with Crippen LogP contribution in [0.3, 0.4) is 0 Å². The molecule has 4 heteroatoms. The summed E-state index contributed by atoms with van der Waals surface area (Å²) in [5.41, 5.74) is 2.63. The van der Waals surface area contributed by atoms with Crippen LogP contribution >= 0.6 is 23.5 Å². The van der Waals surface area contributed by atoms with Crippen molar-refractivity contribution in [3.63, 3.8) is 0 Å². The van der Waals surface area contributed by atoms with Gasteiger partial charge in [-0.05, 0) is 26.0 Å². The fourth-order valence-electron chi connectivity index (χ4n) is 3.74. The van der Waals surface area contributed by atoms with Crippen LogP contribution in [0.4, 0.5) is 0 Å². The standard InChI is InChI=1S/C22H20N2S2/c1-3-23-13-19-21(15-9-5-7-11-17(15)23)26-20-14-24(4-2)18-12-8-6-10-16(18)22(20)25-19/h5-14H,3-4H2,1-2H3/q+2. The van der Waals surface area contributed by atoms with Gasteiger partial charge in [-0.15, -0.1) is 0 Å². The first-order valence-corrected chi connectivity index (χ1v) is 10.7. The van der Waals surface area contributed by atoms with Crippen LogP contribution in [0, 0.1) is 0 Å². The minimum absolute atomic E-state index is 0.983. The van der Waals surface area contributed by atoms with E-state index in [4.69, 9.17) is 0 Å². The van der Waals surface area contributed by atoms with Crippen molar-refractivity contribution in [1.29, 1.82) is 0 Å². The van der Waals surface area contributed by atoms with Gasteiger partial charge in [-0.3, -0.25) is 0 Å². The molecule has 0 bridgehead atoms. The topological polar surface area (TPSA) is 7.76 Å². The Kier molecular flexibility index (Phi) is 3.91. The first-order chi connectivity index (χ1) is 12.8. The summed E-state index contributed by atoms with van der Waals surface area (Å²) < 4.78 is 4.73. The number of para-hydroxylation sites is 2. The number of aromatic nitrogens is 2. The molecule has 1 aliphatic heterocycles. The molecule has 0 N–H and O–H groups in total. The molecule has 0 saturated carbocycles. The Balaban J connectivity index is 1.79. The first kappa shape index (κ1) is 16.2. The highest BCUT2D eigenvalue weighted by molar-refractivity contribution is 8.05. The van der Waals surface area contributed by atoms with E-state index < -0.39 is 0 Å². The van der Waals surface area contributed by atoms with Crippen LogP contribution in [0.2, 0.25) is 0 Å². The van der Waals surface area contributed by atoms with Gasteiger partial charge in [0.25, 0.3) is 0 Å². The average Bonchev–Trinajstić information content (AvgIpc) is 2.71. The molecule has 0 amide bonds. The van der Waals surface area contributed by atoms with Crippen LogP contribution < -0.4 is 9.13 Å². The van der Waals surface area contributed by atoms with Crippen LogP contribution in [0.5, 0.6) is 0 Å². The number of hydrogen-bond donors (Lipinski definition) is 0. The van der Waals surface area contributed by atoms with E-state index in [1.165, 1.54) is 41.4 Å². The number of aryl methyl sites for hydroxylation is 2. The van der Waals surface area contributed by atoms with Crippen molar-refractivity contribution in [3.05, 3.63) is 60.9 Å². The van der Waals surface area contributed by atoms with Crippen LogP contribution in [0.15, 0.2) is 80.5 Å². The zero-order valence-corrected chi connectivity index (χ0v) is 16.5. The Morgan fingerprint density at radius 2 is 1.08 bits per heavy atom. The van der Waals surface area contributed by atoms with Crippen molar-refractivity contribution in [2.75, 3.05) is 0 Å². The smallest absolute Gasteiger partial charge is 0.197 e. The van der Waals surface area contributed by atoms with Gasteiger partial charge in [0.05, 0.1) is 20.6 Å². The number of fused-ring (bicyclic) bond motifs is 6. The van der Waals surface area contributed by atoms with E-state index in [1.807, 2.05) is 23.5 Å². The Morgan fingerprint density at radius 1 is 0.654 bits per heavy atom. The highest BCUT2D eigenvalue weighted by Gasteiger charge is 2.28. The molecule has 2 aromatic heterocycles. The third-order valence-electron chi connectivity index (χ3n) is 5.02. The molecule has 2 nitrogen and oxygen atoms in total. The molecule has 2 aromatic carbocycles. The van der Waals surface area contributed by atoms with Crippen molar-refractivity contribution in [2.24, 2.45) is 0 Å². The molecule has 3 heterocycles. The Morgan fingerprint density at radius 3 is 1.50 bits per heavy atom. The summed E-state index contributed by atoms with van der Waals surface area (Å²) in [4.78, 5) is 5.51. The minimum Gasteiger partial charge on any atom is -0.197 e. The summed E-state index contributed by atoms with van der Waals surface area (Å²) in [6, 6.07) is 17.5. The van der Waals surface area contributed by atoms with Gasteiger partial charge >= 0.3 is 0 Å². The van der Waals surface area contributed by atoms with E-state index in [9.17, 15) is 0 Å². The number of hydrogen-bond acceptors (Lipinski definition) is 2. The Bertz CT molecular complexity index is 1070. The fraction of sp³-hybridized carbons (Fsp3) is 0.182. The summed E-state index contributed by atoms with van der Waals surface area (Å²) in [5, 5.41) is 2.71. The van der Waals surface area contributed by atoms with Gasteiger partial charge in [-0.25, -0.2) is 0 Å². The van der Waals surface area contributed by atoms with Crippen LogP contribution in [-0.4, -0.2) is 0 Å². The Labute approximate surface area is 161 Å². The maximum absolute atomic E-state index is 2.37. The van der Waals surface area contributed by atoms with E-state index >= 15 is 0 Å². The lowest BCUT2D eigenvalue weighted by Gasteiger charge is -2.19. The molecule has 5 rings (SSSR count). The molecule has 0 unspecified atom stereocenters. The number of nitrogens with zero attached hydrogens (tertiary/aromatic N) is 2. The predicted octanol–water partition coefficient (Wildman–Crippen LogP) is 5.22.